The van der Waals surface area contributed by atoms with E-state index in [1.807, 2.05) is 0 Å². The summed E-state index contributed by atoms with van der Waals surface area (Å²) in [7, 11) is 1.46. The molecule has 0 saturated carbocycles. The van der Waals surface area contributed by atoms with Gasteiger partial charge in [0.1, 0.15) is 0 Å². The van der Waals surface area contributed by atoms with Gasteiger partial charge in [0.25, 0.3) is 0 Å². The quantitative estimate of drug-likeness (QED) is 0.649. The van der Waals surface area contributed by atoms with E-state index >= 15 is 0 Å². The van der Waals surface area contributed by atoms with Gasteiger partial charge in [-0.3, -0.25) is 10.1 Å². The van der Waals surface area contributed by atoms with Crippen LogP contribution in [0.4, 0.5) is 11.4 Å². The van der Waals surface area contributed by atoms with Crippen LogP contribution in [0.5, 0.6) is 5.75 Å². The van der Waals surface area contributed by atoms with E-state index in [4.69, 9.17) is 4.74 Å². The lowest BCUT2D eigenvalue weighted by molar-refractivity contribution is -0.385. The zero-order valence-corrected chi connectivity index (χ0v) is 11.3. The van der Waals surface area contributed by atoms with Crippen molar-refractivity contribution in [3.8, 4) is 5.75 Å². The van der Waals surface area contributed by atoms with E-state index in [-0.39, 0.29) is 5.69 Å². The van der Waals surface area contributed by atoms with Gasteiger partial charge in [-0.2, -0.15) is 0 Å². The summed E-state index contributed by atoms with van der Waals surface area (Å²) in [5.41, 5.74) is 0.977. The lowest BCUT2D eigenvalue weighted by atomic mass is 10.1. The molecule has 0 aliphatic carbocycles. The second-order valence-corrected chi connectivity index (χ2v) is 4.55. The van der Waals surface area contributed by atoms with Gasteiger partial charge in [-0.05, 0) is 26.0 Å². The standard InChI is InChI=1S/C13H19N3O3/c1-3-15(11-6-7-14-9-11)10-4-5-12(16(17)18)13(8-10)19-2/h4-5,8,11,14H,3,6-7,9H2,1-2H3. The van der Waals surface area contributed by atoms with E-state index in [1.54, 1.807) is 12.1 Å². The van der Waals surface area contributed by atoms with E-state index in [9.17, 15) is 10.1 Å². The van der Waals surface area contributed by atoms with Crippen LogP contribution in [0.15, 0.2) is 18.2 Å². The van der Waals surface area contributed by atoms with Crippen LogP contribution in [-0.2, 0) is 0 Å². The molecule has 1 unspecified atom stereocenters. The fraction of sp³-hybridized carbons (Fsp3) is 0.538. The Bertz CT molecular complexity index is 458. The predicted molar refractivity (Wildman–Crippen MR) is 73.9 cm³/mol. The van der Waals surface area contributed by atoms with Gasteiger partial charge in [-0.1, -0.05) is 0 Å². The molecular formula is C13H19N3O3. The lowest BCUT2D eigenvalue weighted by Crippen LogP contribution is -2.36. The summed E-state index contributed by atoms with van der Waals surface area (Å²) in [4.78, 5) is 12.7. The molecular weight excluding hydrogens is 246 g/mol. The Balaban J connectivity index is 2.30. The number of methoxy groups -OCH3 is 1. The first-order chi connectivity index (χ1) is 9.17. The SMILES string of the molecule is CCN(c1ccc([N+](=O)[O-])c(OC)c1)C1CCNC1. The summed E-state index contributed by atoms with van der Waals surface area (Å²) >= 11 is 0. The molecule has 6 nitrogen and oxygen atoms in total. The number of likely N-dealkylation sites (N-methyl/N-ethyl adjacent to an activating group) is 1. The molecule has 1 aliphatic heterocycles. The molecule has 1 heterocycles. The zero-order chi connectivity index (χ0) is 13.8. The van der Waals surface area contributed by atoms with Crippen LogP contribution < -0.4 is 15.0 Å². The minimum absolute atomic E-state index is 0.00634. The fourth-order valence-electron chi connectivity index (χ4n) is 2.55. The summed E-state index contributed by atoms with van der Waals surface area (Å²) in [5.74, 6) is 0.312. The van der Waals surface area contributed by atoms with E-state index < -0.39 is 4.92 Å². The van der Waals surface area contributed by atoms with Crippen LogP contribution >= 0.6 is 0 Å². The third-order valence-corrected chi connectivity index (χ3v) is 3.51. The van der Waals surface area contributed by atoms with Crippen LogP contribution in [0.3, 0.4) is 0 Å². The molecule has 0 aromatic heterocycles. The van der Waals surface area contributed by atoms with Gasteiger partial charge in [0.15, 0.2) is 5.75 Å². The van der Waals surface area contributed by atoms with Crippen molar-refractivity contribution in [3.05, 3.63) is 28.3 Å². The third kappa shape index (κ3) is 2.78. The number of nitro groups is 1. The number of nitrogens with zero attached hydrogens (tertiary/aromatic N) is 2. The number of ether oxygens (including phenoxy) is 1. The van der Waals surface area contributed by atoms with Gasteiger partial charge in [0.05, 0.1) is 12.0 Å². The van der Waals surface area contributed by atoms with Gasteiger partial charge in [-0.25, -0.2) is 0 Å². The molecule has 1 N–H and O–H groups in total. The third-order valence-electron chi connectivity index (χ3n) is 3.51. The number of nitrogens with one attached hydrogen (secondary N) is 1. The molecule has 1 aliphatic rings. The highest BCUT2D eigenvalue weighted by atomic mass is 16.6. The molecule has 1 fully saturated rings. The fourth-order valence-corrected chi connectivity index (χ4v) is 2.55. The van der Waals surface area contributed by atoms with Gasteiger partial charge in [0.2, 0.25) is 0 Å². The van der Waals surface area contributed by atoms with Gasteiger partial charge >= 0.3 is 5.69 Å². The van der Waals surface area contributed by atoms with Crippen molar-refractivity contribution in [2.45, 2.75) is 19.4 Å². The number of hydrogen-bond acceptors (Lipinski definition) is 5. The van der Waals surface area contributed by atoms with E-state index in [1.165, 1.54) is 13.2 Å². The Morgan fingerprint density at radius 1 is 1.58 bits per heavy atom. The van der Waals surface area contributed by atoms with Gasteiger partial charge in [-0.15, -0.1) is 0 Å². The van der Waals surface area contributed by atoms with Crippen molar-refractivity contribution in [3.63, 3.8) is 0 Å². The Kier molecular flexibility index (Phi) is 4.21. The number of benzene rings is 1. The average molecular weight is 265 g/mol. The number of anilines is 1. The zero-order valence-electron chi connectivity index (χ0n) is 11.3. The topological polar surface area (TPSA) is 67.6 Å². The highest BCUT2D eigenvalue weighted by Gasteiger charge is 2.23. The van der Waals surface area contributed by atoms with Gasteiger partial charge < -0.3 is 15.0 Å². The monoisotopic (exact) mass is 265 g/mol. The maximum Gasteiger partial charge on any atom is 0.311 e. The van der Waals surface area contributed by atoms with Gasteiger partial charge in [0, 0.05) is 37.0 Å². The second-order valence-electron chi connectivity index (χ2n) is 4.55. The molecule has 0 bridgehead atoms. The molecule has 2 rings (SSSR count). The Hall–Kier alpha value is -1.82. The molecule has 1 atom stereocenters. The van der Waals surface area contributed by atoms with Crippen molar-refractivity contribution in [2.24, 2.45) is 0 Å². The summed E-state index contributed by atoms with van der Waals surface area (Å²) in [6.07, 6.45) is 1.09. The molecule has 0 spiro atoms. The van der Waals surface area contributed by atoms with Crippen LogP contribution in [0.2, 0.25) is 0 Å². The molecule has 1 saturated heterocycles. The van der Waals surface area contributed by atoms with Crippen molar-refractivity contribution in [2.75, 3.05) is 31.6 Å². The largest absolute Gasteiger partial charge is 0.490 e. The van der Waals surface area contributed by atoms with Crippen molar-refractivity contribution in [1.29, 1.82) is 0 Å². The molecule has 6 heteroatoms. The van der Waals surface area contributed by atoms with Crippen LogP contribution in [0.1, 0.15) is 13.3 Å². The lowest BCUT2D eigenvalue weighted by Gasteiger charge is -2.29. The molecule has 1 aromatic rings. The number of rotatable bonds is 5. The second kappa shape index (κ2) is 5.88. The van der Waals surface area contributed by atoms with E-state index in [2.05, 4.69) is 17.1 Å². The van der Waals surface area contributed by atoms with E-state index in [0.29, 0.717) is 11.8 Å². The van der Waals surface area contributed by atoms with Crippen molar-refractivity contribution < 1.29 is 9.66 Å². The Morgan fingerprint density at radius 2 is 2.37 bits per heavy atom. The first kappa shape index (κ1) is 13.6. The minimum atomic E-state index is -0.421. The minimum Gasteiger partial charge on any atom is -0.490 e. The van der Waals surface area contributed by atoms with Crippen LogP contribution in [0.25, 0.3) is 0 Å². The average Bonchev–Trinajstić information content (AvgIpc) is 2.93. The van der Waals surface area contributed by atoms with Crippen LogP contribution in [0, 0.1) is 10.1 Å². The first-order valence-corrected chi connectivity index (χ1v) is 6.47. The Morgan fingerprint density at radius 3 is 2.89 bits per heavy atom. The maximum atomic E-state index is 10.9. The number of hydrogen-bond donors (Lipinski definition) is 1. The maximum absolute atomic E-state index is 10.9. The smallest absolute Gasteiger partial charge is 0.311 e. The van der Waals surface area contributed by atoms with Crippen molar-refractivity contribution >= 4 is 11.4 Å². The normalized spacial score (nSPS) is 18.3. The first-order valence-electron chi connectivity index (χ1n) is 6.47. The molecule has 104 valence electrons. The summed E-state index contributed by atoms with van der Waals surface area (Å²) < 4.78 is 5.12. The highest BCUT2D eigenvalue weighted by Crippen LogP contribution is 2.32. The summed E-state index contributed by atoms with van der Waals surface area (Å²) in [5, 5.41) is 14.2. The van der Waals surface area contributed by atoms with Crippen LogP contribution in [-0.4, -0.2) is 37.7 Å². The predicted octanol–water partition coefficient (Wildman–Crippen LogP) is 1.79. The number of nitro benzene ring substituents is 1. The van der Waals surface area contributed by atoms with Crippen molar-refractivity contribution in [1.82, 2.24) is 5.32 Å². The Labute approximate surface area is 112 Å². The summed E-state index contributed by atoms with van der Waals surface area (Å²) in [6, 6.07) is 5.50. The molecule has 1 aromatic carbocycles. The summed E-state index contributed by atoms with van der Waals surface area (Å²) in [6.45, 7) is 4.93. The molecule has 0 amide bonds. The molecule has 19 heavy (non-hydrogen) atoms. The van der Waals surface area contributed by atoms with E-state index in [0.717, 1.165) is 31.7 Å². The molecule has 0 radical (unpaired) electrons. The highest BCUT2D eigenvalue weighted by molar-refractivity contribution is 5.59.